The molecule has 16 heavy (non-hydrogen) atoms. The van der Waals surface area contributed by atoms with E-state index in [1.807, 2.05) is 0 Å². The summed E-state index contributed by atoms with van der Waals surface area (Å²) in [6.45, 7) is 0. The van der Waals surface area contributed by atoms with E-state index in [0.717, 1.165) is 0 Å². The summed E-state index contributed by atoms with van der Waals surface area (Å²) in [5.41, 5.74) is 2.06. The molecule has 0 bridgehead atoms. The van der Waals surface area contributed by atoms with Crippen molar-refractivity contribution in [1.82, 2.24) is 0 Å². The van der Waals surface area contributed by atoms with Crippen LogP contribution in [-0.4, -0.2) is 15.8 Å². The fourth-order valence-electron chi connectivity index (χ4n) is 1.04. The topological polar surface area (TPSA) is 129 Å². The van der Waals surface area contributed by atoms with Crippen molar-refractivity contribution in [3.8, 4) is 0 Å². The fraction of sp³-hybridized carbons (Fsp3) is 0. The van der Waals surface area contributed by atoms with Gasteiger partial charge < -0.3 is 5.73 Å². The Labute approximate surface area is 86.8 Å². The number of amides is 1. The average molecular weight is 229 g/mol. The van der Waals surface area contributed by atoms with Gasteiger partial charge in [-0.25, -0.2) is 0 Å². The molecule has 1 aromatic rings. The van der Waals surface area contributed by atoms with E-state index in [2.05, 4.69) is 0 Å². The standard InChI is InChI=1S/C7H4FN3O5/c8-4-1-3(7(9)12)5(10(13)14)2-6(4)11(15)16/h1-2H,(H2,9,12). The molecule has 0 aliphatic heterocycles. The van der Waals surface area contributed by atoms with Crippen LogP contribution in [0.4, 0.5) is 15.8 Å². The van der Waals surface area contributed by atoms with Crippen molar-refractivity contribution in [2.45, 2.75) is 0 Å². The molecule has 0 fully saturated rings. The third kappa shape index (κ3) is 1.92. The van der Waals surface area contributed by atoms with Crippen molar-refractivity contribution in [2.75, 3.05) is 0 Å². The summed E-state index contributed by atoms with van der Waals surface area (Å²) in [5, 5.41) is 20.8. The predicted molar refractivity (Wildman–Crippen MR) is 48.2 cm³/mol. The van der Waals surface area contributed by atoms with Crippen LogP contribution in [0.5, 0.6) is 0 Å². The zero-order chi connectivity index (χ0) is 12.5. The van der Waals surface area contributed by atoms with E-state index in [1.54, 1.807) is 0 Å². The Hall–Kier alpha value is -2.58. The number of nitrogens with zero attached hydrogens (tertiary/aromatic N) is 2. The van der Waals surface area contributed by atoms with Crippen LogP contribution in [0.3, 0.4) is 0 Å². The number of nitro groups is 2. The molecule has 0 aliphatic rings. The van der Waals surface area contributed by atoms with Gasteiger partial charge in [0.1, 0.15) is 5.56 Å². The highest BCUT2D eigenvalue weighted by molar-refractivity contribution is 5.97. The van der Waals surface area contributed by atoms with Crippen molar-refractivity contribution >= 4 is 17.3 Å². The lowest BCUT2D eigenvalue weighted by atomic mass is 10.1. The Morgan fingerprint density at radius 1 is 1.19 bits per heavy atom. The van der Waals surface area contributed by atoms with Crippen LogP contribution >= 0.6 is 0 Å². The lowest BCUT2D eigenvalue weighted by molar-refractivity contribution is -0.396. The number of primary amides is 1. The van der Waals surface area contributed by atoms with Gasteiger partial charge in [-0.05, 0) is 0 Å². The maximum absolute atomic E-state index is 13.0. The molecule has 1 aromatic carbocycles. The van der Waals surface area contributed by atoms with E-state index in [-0.39, 0.29) is 0 Å². The van der Waals surface area contributed by atoms with Gasteiger partial charge in [0, 0.05) is 6.07 Å². The van der Waals surface area contributed by atoms with Gasteiger partial charge in [-0.2, -0.15) is 4.39 Å². The van der Waals surface area contributed by atoms with E-state index < -0.39 is 38.5 Å². The second-order valence-corrected chi connectivity index (χ2v) is 2.70. The minimum Gasteiger partial charge on any atom is -0.365 e. The molecular weight excluding hydrogens is 225 g/mol. The zero-order valence-electron chi connectivity index (χ0n) is 7.55. The van der Waals surface area contributed by atoms with Gasteiger partial charge in [-0.3, -0.25) is 25.0 Å². The lowest BCUT2D eigenvalue weighted by Crippen LogP contribution is -2.14. The van der Waals surface area contributed by atoms with Crippen LogP contribution in [0.1, 0.15) is 10.4 Å². The van der Waals surface area contributed by atoms with Crippen LogP contribution in [0, 0.1) is 26.0 Å². The fourth-order valence-corrected chi connectivity index (χ4v) is 1.04. The van der Waals surface area contributed by atoms with E-state index in [9.17, 15) is 29.4 Å². The zero-order valence-corrected chi connectivity index (χ0v) is 7.55. The largest absolute Gasteiger partial charge is 0.365 e. The number of halogens is 1. The number of benzene rings is 1. The molecule has 0 unspecified atom stereocenters. The van der Waals surface area contributed by atoms with Crippen LogP contribution in [0.2, 0.25) is 0 Å². The highest BCUT2D eigenvalue weighted by Crippen LogP contribution is 2.27. The third-order valence-corrected chi connectivity index (χ3v) is 1.72. The average Bonchev–Trinajstić information content (AvgIpc) is 2.15. The number of hydrogen-bond acceptors (Lipinski definition) is 5. The maximum atomic E-state index is 13.0. The second kappa shape index (κ2) is 3.88. The molecule has 8 nitrogen and oxygen atoms in total. The summed E-state index contributed by atoms with van der Waals surface area (Å²) in [6, 6.07) is 0.730. The Morgan fingerprint density at radius 3 is 2.06 bits per heavy atom. The molecular formula is C7H4FN3O5. The van der Waals surface area contributed by atoms with Crippen molar-refractivity contribution in [1.29, 1.82) is 0 Å². The Kier molecular flexibility index (Phi) is 2.79. The van der Waals surface area contributed by atoms with Crippen LogP contribution in [0.15, 0.2) is 12.1 Å². The monoisotopic (exact) mass is 229 g/mol. The SMILES string of the molecule is NC(=O)c1cc(F)c([N+](=O)[O-])cc1[N+](=O)[O-]. The summed E-state index contributed by atoms with van der Waals surface area (Å²) in [6.07, 6.45) is 0. The molecule has 9 heteroatoms. The first-order chi connectivity index (χ1) is 7.34. The Bertz CT molecular complexity index is 501. The number of nitro benzene ring substituents is 2. The first kappa shape index (κ1) is 11.5. The minimum absolute atomic E-state index is 0.357. The molecule has 0 atom stereocenters. The smallest absolute Gasteiger partial charge is 0.311 e. The van der Waals surface area contributed by atoms with Gasteiger partial charge >= 0.3 is 5.69 Å². The van der Waals surface area contributed by atoms with Crippen LogP contribution in [-0.2, 0) is 0 Å². The molecule has 1 amide bonds. The van der Waals surface area contributed by atoms with E-state index in [0.29, 0.717) is 12.1 Å². The highest BCUT2D eigenvalue weighted by atomic mass is 19.1. The molecule has 0 radical (unpaired) electrons. The first-order valence-corrected chi connectivity index (χ1v) is 3.76. The molecule has 0 aromatic heterocycles. The Balaban J connectivity index is 3.55. The van der Waals surface area contributed by atoms with E-state index in [4.69, 9.17) is 5.73 Å². The molecule has 0 spiro atoms. The van der Waals surface area contributed by atoms with Gasteiger partial charge in [0.25, 0.3) is 11.6 Å². The minimum atomic E-state index is -1.36. The van der Waals surface area contributed by atoms with Crippen LogP contribution in [0.25, 0.3) is 0 Å². The van der Waals surface area contributed by atoms with Crippen molar-refractivity contribution < 1.29 is 19.0 Å². The summed E-state index contributed by atoms with van der Waals surface area (Å²) in [5.74, 6) is -2.59. The van der Waals surface area contributed by atoms with Gasteiger partial charge in [0.15, 0.2) is 0 Å². The van der Waals surface area contributed by atoms with Gasteiger partial charge in [-0.15, -0.1) is 0 Å². The van der Waals surface area contributed by atoms with Gasteiger partial charge in [-0.1, -0.05) is 0 Å². The number of hydrogen-bond donors (Lipinski definition) is 1. The Morgan fingerprint density at radius 2 is 1.69 bits per heavy atom. The van der Waals surface area contributed by atoms with E-state index >= 15 is 0 Å². The molecule has 0 saturated carbocycles. The van der Waals surface area contributed by atoms with Gasteiger partial charge in [0.05, 0.1) is 15.9 Å². The van der Waals surface area contributed by atoms with Crippen molar-refractivity contribution in [3.05, 3.63) is 43.7 Å². The third-order valence-electron chi connectivity index (χ3n) is 1.72. The molecule has 1 rings (SSSR count). The van der Waals surface area contributed by atoms with E-state index in [1.165, 1.54) is 0 Å². The lowest BCUT2D eigenvalue weighted by Gasteiger charge is -1.99. The molecule has 0 heterocycles. The number of rotatable bonds is 3. The van der Waals surface area contributed by atoms with Crippen molar-refractivity contribution in [3.63, 3.8) is 0 Å². The van der Waals surface area contributed by atoms with Gasteiger partial charge in [0.2, 0.25) is 5.82 Å². The highest BCUT2D eigenvalue weighted by Gasteiger charge is 2.26. The number of carbonyl (C=O) groups excluding carboxylic acids is 1. The van der Waals surface area contributed by atoms with Crippen molar-refractivity contribution in [2.24, 2.45) is 5.73 Å². The summed E-state index contributed by atoms with van der Waals surface area (Å²) in [4.78, 5) is 29.3. The summed E-state index contributed by atoms with van der Waals surface area (Å²) >= 11 is 0. The maximum Gasteiger partial charge on any atom is 0.311 e. The second-order valence-electron chi connectivity index (χ2n) is 2.70. The molecule has 2 N–H and O–H groups in total. The number of nitrogens with two attached hydrogens (primary N) is 1. The molecule has 84 valence electrons. The molecule has 0 aliphatic carbocycles. The first-order valence-electron chi connectivity index (χ1n) is 3.76. The molecule has 0 saturated heterocycles. The summed E-state index contributed by atoms with van der Waals surface area (Å²) in [7, 11) is 0. The number of carbonyl (C=O) groups is 1. The quantitative estimate of drug-likeness (QED) is 0.603. The predicted octanol–water partition coefficient (Wildman–Crippen LogP) is 0.741. The normalized spacial score (nSPS) is 9.81. The summed E-state index contributed by atoms with van der Waals surface area (Å²) < 4.78 is 13.0. The van der Waals surface area contributed by atoms with Crippen LogP contribution < -0.4 is 5.73 Å².